The number of carbonyl (C=O) groups excluding carboxylic acids is 1. The number of benzene rings is 4. The first kappa shape index (κ1) is 31.8. The molecule has 4 aromatic carbocycles. The second-order valence-corrected chi connectivity index (χ2v) is 11.9. The van der Waals surface area contributed by atoms with Gasteiger partial charge in [0.2, 0.25) is 0 Å². The first-order valence-corrected chi connectivity index (χ1v) is 16.1. The maximum Gasteiger partial charge on any atom is 0.338 e. The van der Waals surface area contributed by atoms with Gasteiger partial charge in [-0.05, 0) is 54.5 Å². The van der Waals surface area contributed by atoms with Crippen LogP contribution < -0.4 is 29.1 Å². The third-order valence-corrected chi connectivity index (χ3v) is 8.98. The second-order valence-electron chi connectivity index (χ2n) is 10.5. The minimum atomic E-state index is -0.844. The molecule has 47 heavy (non-hydrogen) atoms. The van der Waals surface area contributed by atoms with E-state index in [0.29, 0.717) is 49.5 Å². The van der Waals surface area contributed by atoms with Crippen molar-refractivity contribution >= 4 is 40.7 Å². The number of hydrogen-bond donors (Lipinski definition) is 0. The van der Waals surface area contributed by atoms with Gasteiger partial charge in [-0.3, -0.25) is 9.36 Å². The molecule has 238 valence electrons. The molecule has 0 bridgehead atoms. The van der Waals surface area contributed by atoms with Gasteiger partial charge in [-0.25, -0.2) is 9.79 Å². The third kappa shape index (κ3) is 6.58. The summed E-state index contributed by atoms with van der Waals surface area (Å²) in [6.45, 7) is 2.24. The van der Waals surface area contributed by atoms with Gasteiger partial charge < -0.3 is 18.9 Å². The van der Waals surface area contributed by atoms with Gasteiger partial charge >= 0.3 is 5.97 Å². The molecule has 0 fully saturated rings. The van der Waals surface area contributed by atoms with E-state index < -0.39 is 12.0 Å². The predicted octanol–water partition coefficient (Wildman–Crippen LogP) is 6.19. The van der Waals surface area contributed by atoms with Crippen molar-refractivity contribution < 1.29 is 23.7 Å². The van der Waals surface area contributed by atoms with Crippen molar-refractivity contribution in [3.8, 4) is 17.2 Å². The molecule has 10 heteroatoms. The van der Waals surface area contributed by atoms with Crippen LogP contribution in [0.25, 0.3) is 11.8 Å². The molecule has 0 radical (unpaired) electrons. The molecule has 1 aromatic heterocycles. The molecule has 0 N–H and O–H groups in total. The first-order valence-electron chi connectivity index (χ1n) is 14.9. The number of fused-ring (bicyclic) bond motifs is 1. The van der Waals surface area contributed by atoms with E-state index in [1.807, 2.05) is 91.0 Å². The van der Waals surface area contributed by atoms with Gasteiger partial charge in [0.05, 0.1) is 42.7 Å². The van der Waals surface area contributed by atoms with E-state index in [2.05, 4.69) is 0 Å². The summed E-state index contributed by atoms with van der Waals surface area (Å²) in [7, 11) is 3.09. The van der Waals surface area contributed by atoms with E-state index in [4.69, 9.17) is 35.5 Å². The van der Waals surface area contributed by atoms with Gasteiger partial charge in [-0.1, -0.05) is 89.7 Å². The van der Waals surface area contributed by atoms with Gasteiger partial charge in [-0.2, -0.15) is 0 Å². The van der Waals surface area contributed by atoms with E-state index in [-0.39, 0.29) is 17.7 Å². The summed E-state index contributed by atoms with van der Waals surface area (Å²) in [4.78, 5) is 33.3. The van der Waals surface area contributed by atoms with Crippen LogP contribution in [0.5, 0.6) is 17.2 Å². The molecule has 0 saturated heterocycles. The van der Waals surface area contributed by atoms with Gasteiger partial charge in [0.1, 0.15) is 12.4 Å². The van der Waals surface area contributed by atoms with Crippen LogP contribution in [0.4, 0.5) is 0 Å². The topological polar surface area (TPSA) is 88.4 Å². The molecular weight excluding hydrogens is 636 g/mol. The minimum Gasteiger partial charge on any atom is -0.493 e. The maximum atomic E-state index is 14.2. The predicted molar refractivity (Wildman–Crippen MR) is 183 cm³/mol. The monoisotopic (exact) mass is 666 g/mol. The van der Waals surface area contributed by atoms with Crippen LogP contribution in [0.3, 0.4) is 0 Å². The SMILES string of the molecule is CCOC(=O)C1=C(c2ccccc2)N=c2s/c(=C\c3ccc(OCc4ccccc4Cl)cc3)c(=O)n2[C@@H]1c1ccc(OC)c(OC)c1. The van der Waals surface area contributed by atoms with Gasteiger partial charge in [0.15, 0.2) is 16.3 Å². The highest BCUT2D eigenvalue weighted by molar-refractivity contribution is 7.07. The quantitative estimate of drug-likeness (QED) is 0.165. The fourth-order valence-electron chi connectivity index (χ4n) is 5.37. The molecule has 2 heterocycles. The number of halogens is 1. The molecule has 0 amide bonds. The smallest absolute Gasteiger partial charge is 0.338 e. The number of nitrogens with zero attached hydrogens (tertiary/aromatic N) is 2. The van der Waals surface area contributed by atoms with E-state index in [9.17, 15) is 9.59 Å². The lowest BCUT2D eigenvalue weighted by atomic mass is 9.93. The summed E-state index contributed by atoms with van der Waals surface area (Å²) < 4.78 is 24.6. The molecule has 0 spiro atoms. The van der Waals surface area contributed by atoms with Crippen LogP contribution in [0.2, 0.25) is 5.02 Å². The molecule has 1 aliphatic rings. The standard InChI is InChI=1S/C37H31ClN2O6S/c1-4-45-36(42)32-33(24-10-6-5-7-11-24)39-37-40(34(32)25-16-19-29(43-2)30(21-25)44-3)35(41)31(47-37)20-23-14-17-27(18-15-23)46-22-26-12-8-9-13-28(26)38/h5-21,34H,4,22H2,1-3H3/b31-20-/t34-/m1/s1. The fraction of sp³-hybridized carbons (Fsp3) is 0.162. The lowest BCUT2D eigenvalue weighted by molar-refractivity contribution is -0.138. The van der Waals surface area contributed by atoms with Crippen molar-refractivity contribution in [2.75, 3.05) is 20.8 Å². The molecule has 0 unspecified atom stereocenters. The normalized spacial score (nSPS) is 14.3. The summed E-state index contributed by atoms with van der Waals surface area (Å²) in [5.74, 6) is 1.10. The van der Waals surface area contributed by atoms with Crippen LogP contribution >= 0.6 is 22.9 Å². The van der Waals surface area contributed by atoms with Crippen LogP contribution in [0, 0.1) is 0 Å². The Bertz CT molecular complexity index is 2140. The number of rotatable bonds is 10. The lowest BCUT2D eigenvalue weighted by Crippen LogP contribution is -2.40. The van der Waals surface area contributed by atoms with E-state index in [1.54, 1.807) is 30.7 Å². The van der Waals surface area contributed by atoms with E-state index in [0.717, 1.165) is 16.7 Å². The number of aromatic nitrogens is 1. The summed E-state index contributed by atoms with van der Waals surface area (Å²) in [5.41, 5.74) is 3.46. The van der Waals surface area contributed by atoms with Crippen molar-refractivity contribution in [1.29, 1.82) is 0 Å². The highest BCUT2D eigenvalue weighted by Gasteiger charge is 2.35. The van der Waals surface area contributed by atoms with E-state index in [1.165, 1.54) is 18.4 Å². The molecular formula is C37H31ClN2O6S. The summed E-state index contributed by atoms with van der Waals surface area (Å²) in [6, 6.07) is 28.9. The molecule has 1 aliphatic heterocycles. The molecule has 6 rings (SSSR count). The molecule has 8 nitrogen and oxygen atoms in total. The van der Waals surface area contributed by atoms with Crippen molar-refractivity contribution in [3.63, 3.8) is 0 Å². The first-order chi connectivity index (χ1) is 22.9. The minimum absolute atomic E-state index is 0.158. The number of ether oxygens (including phenoxy) is 4. The van der Waals surface area contributed by atoms with Gasteiger partial charge in [0.25, 0.3) is 5.56 Å². The number of thiazole rings is 1. The van der Waals surface area contributed by atoms with Crippen molar-refractivity contribution in [2.24, 2.45) is 4.99 Å². The van der Waals surface area contributed by atoms with Crippen LogP contribution in [0.15, 0.2) is 112 Å². The Morgan fingerprint density at radius 1 is 0.936 bits per heavy atom. The number of carbonyl (C=O) groups is 1. The average molecular weight is 667 g/mol. The molecule has 1 atom stereocenters. The summed E-state index contributed by atoms with van der Waals surface area (Å²) in [5, 5.41) is 0.646. The zero-order valence-corrected chi connectivity index (χ0v) is 27.5. The average Bonchev–Trinajstić information content (AvgIpc) is 3.41. The zero-order valence-electron chi connectivity index (χ0n) is 25.9. The van der Waals surface area contributed by atoms with Crippen molar-refractivity contribution in [3.05, 3.63) is 150 Å². The summed E-state index contributed by atoms with van der Waals surface area (Å²) in [6.07, 6.45) is 1.81. The van der Waals surface area contributed by atoms with E-state index >= 15 is 0 Å². The highest BCUT2D eigenvalue weighted by Crippen LogP contribution is 2.38. The van der Waals surface area contributed by atoms with Crippen LogP contribution in [-0.4, -0.2) is 31.4 Å². The van der Waals surface area contributed by atoms with Gasteiger partial charge in [-0.15, -0.1) is 0 Å². The Morgan fingerprint density at radius 2 is 1.66 bits per heavy atom. The Labute approximate surface area is 280 Å². The fourth-order valence-corrected chi connectivity index (χ4v) is 6.56. The lowest BCUT2D eigenvalue weighted by Gasteiger charge is -2.26. The Balaban J connectivity index is 1.47. The van der Waals surface area contributed by atoms with Crippen molar-refractivity contribution in [1.82, 2.24) is 4.57 Å². The Kier molecular flexibility index (Phi) is 9.56. The highest BCUT2D eigenvalue weighted by atomic mass is 35.5. The molecule has 0 aliphatic carbocycles. The maximum absolute atomic E-state index is 14.2. The van der Waals surface area contributed by atoms with Crippen molar-refractivity contribution in [2.45, 2.75) is 19.6 Å². The second kappa shape index (κ2) is 14.1. The Morgan fingerprint density at radius 3 is 2.36 bits per heavy atom. The van der Waals surface area contributed by atoms with Crippen LogP contribution in [0.1, 0.15) is 35.2 Å². The third-order valence-electron chi connectivity index (χ3n) is 7.63. The zero-order chi connectivity index (χ0) is 32.9. The summed E-state index contributed by atoms with van der Waals surface area (Å²) >= 11 is 7.52. The number of hydrogen-bond acceptors (Lipinski definition) is 8. The molecule has 5 aromatic rings. The van der Waals surface area contributed by atoms with Crippen LogP contribution in [-0.2, 0) is 16.1 Å². The van der Waals surface area contributed by atoms with Gasteiger partial charge in [0, 0.05) is 16.1 Å². The molecule has 0 saturated carbocycles. The Hall–Kier alpha value is -5.12. The largest absolute Gasteiger partial charge is 0.493 e. The number of esters is 1. The number of methoxy groups -OCH3 is 2.